The van der Waals surface area contributed by atoms with Crippen LogP contribution >= 0.6 is 0 Å². The van der Waals surface area contributed by atoms with E-state index >= 15 is 0 Å². The first kappa shape index (κ1) is 22.7. The summed E-state index contributed by atoms with van der Waals surface area (Å²) < 4.78 is 46.3. The van der Waals surface area contributed by atoms with E-state index in [2.05, 4.69) is 17.2 Å². The number of unbranched alkanes of at least 4 members (excludes halogenated alkanes) is 3. The maximum atomic E-state index is 13.1. The van der Waals surface area contributed by atoms with Crippen molar-refractivity contribution in [3.8, 4) is 5.75 Å². The minimum absolute atomic E-state index is 0.0971. The number of ether oxygens (including phenoxy) is 1. The molecule has 0 unspecified atom stereocenters. The van der Waals surface area contributed by atoms with Crippen molar-refractivity contribution in [1.29, 1.82) is 0 Å². The third-order valence-electron chi connectivity index (χ3n) is 4.95. The first-order chi connectivity index (χ1) is 14.8. The average Bonchev–Trinajstić information content (AvgIpc) is 3.12. The number of rotatable bonds is 9. The third kappa shape index (κ3) is 5.57. The van der Waals surface area contributed by atoms with Gasteiger partial charge in [0.2, 0.25) is 0 Å². The second-order valence-corrected chi connectivity index (χ2v) is 7.29. The Bertz CT molecular complexity index is 1030. The number of hydrogen-bond acceptors (Lipinski definition) is 3. The maximum absolute atomic E-state index is 13.1. The van der Waals surface area contributed by atoms with Gasteiger partial charge in [0.25, 0.3) is 5.91 Å². The highest BCUT2D eigenvalue weighted by molar-refractivity contribution is 6.04. The van der Waals surface area contributed by atoms with Crippen LogP contribution in [0.1, 0.15) is 61.3 Å². The number of anilines is 1. The molecule has 0 fully saturated rings. The molecule has 3 rings (SSSR count). The van der Waals surface area contributed by atoms with Gasteiger partial charge in [-0.3, -0.25) is 9.20 Å². The maximum Gasteiger partial charge on any atom is 0.417 e. The number of carbonyl (C=O) groups excluding carboxylic acids is 1. The summed E-state index contributed by atoms with van der Waals surface area (Å²) in [7, 11) is 0. The highest BCUT2D eigenvalue weighted by atomic mass is 19.4. The molecule has 1 aromatic carbocycles. The van der Waals surface area contributed by atoms with E-state index in [0.717, 1.165) is 31.5 Å². The number of fused-ring (bicyclic) bond motifs is 1. The summed E-state index contributed by atoms with van der Waals surface area (Å²) in [6.45, 7) is 4.59. The molecule has 1 N–H and O–H groups in total. The minimum atomic E-state index is -4.51. The van der Waals surface area contributed by atoms with E-state index in [1.165, 1.54) is 16.9 Å². The predicted octanol–water partition coefficient (Wildman–Crippen LogP) is 6.13. The molecule has 0 atom stereocenters. The van der Waals surface area contributed by atoms with Crippen LogP contribution in [0.2, 0.25) is 0 Å². The molecule has 2 heterocycles. The molecule has 8 heteroatoms. The van der Waals surface area contributed by atoms with E-state index < -0.39 is 17.6 Å². The van der Waals surface area contributed by atoms with Crippen LogP contribution in [0.3, 0.4) is 0 Å². The molecule has 1 amide bonds. The van der Waals surface area contributed by atoms with Crippen molar-refractivity contribution in [3.63, 3.8) is 0 Å². The molecule has 0 saturated carbocycles. The average molecular weight is 433 g/mol. The van der Waals surface area contributed by atoms with E-state index in [4.69, 9.17) is 4.74 Å². The van der Waals surface area contributed by atoms with Crippen LogP contribution in [-0.4, -0.2) is 21.9 Å². The topological polar surface area (TPSA) is 55.6 Å². The number of halogens is 3. The van der Waals surface area contributed by atoms with Crippen molar-refractivity contribution in [2.24, 2.45) is 0 Å². The number of alkyl halides is 3. The second kappa shape index (κ2) is 9.85. The van der Waals surface area contributed by atoms with Crippen molar-refractivity contribution in [2.45, 2.75) is 52.1 Å². The Hall–Kier alpha value is -3.03. The molecular formula is C23H26F3N3O2. The van der Waals surface area contributed by atoms with E-state index in [9.17, 15) is 18.0 Å². The lowest BCUT2D eigenvalue weighted by molar-refractivity contribution is -0.137. The Morgan fingerprint density at radius 3 is 2.45 bits per heavy atom. The summed E-state index contributed by atoms with van der Waals surface area (Å²) in [6.07, 6.45) is 1.27. The Morgan fingerprint density at radius 2 is 1.81 bits per heavy atom. The monoisotopic (exact) mass is 433 g/mol. The summed E-state index contributed by atoms with van der Waals surface area (Å²) in [5, 5.41) is 2.74. The van der Waals surface area contributed by atoms with Crippen LogP contribution in [0.25, 0.3) is 5.65 Å². The van der Waals surface area contributed by atoms with E-state index in [1.54, 1.807) is 31.2 Å². The van der Waals surface area contributed by atoms with E-state index in [1.807, 2.05) is 0 Å². The van der Waals surface area contributed by atoms with Crippen molar-refractivity contribution >= 4 is 17.2 Å². The molecule has 2 aromatic heterocycles. The first-order valence-electron chi connectivity index (χ1n) is 10.5. The van der Waals surface area contributed by atoms with Crippen LogP contribution < -0.4 is 10.1 Å². The summed E-state index contributed by atoms with van der Waals surface area (Å²) in [5.41, 5.74) is 0.507. The lowest BCUT2D eigenvalue weighted by atomic mass is 10.2. The van der Waals surface area contributed by atoms with Gasteiger partial charge in [-0.2, -0.15) is 13.2 Å². The number of imidazole rings is 1. The highest BCUT2D eigenvalue weighted by Crippen LogP contribution is 2.30. The lowest BCUT2D eigenvalue weighted by Crippen LogP contribution is -2.17. The molecule has 31 heavy (non-hydrogen) atoms. The largest absolute Gasteiger partial charge is 0.494 e. The molecule has 3 aromatic rings. The summed E-state index contributed by atoms with van der Waals surface area (Å²) in [6, 6.07) is 9.15. The SMILES string of the molecule is CCCCCCOc1ccc(NC(=O)c2c(CC)nc3ccc(C(F)(F)F)cn23)cc1. The zero-order valence-electron chi connectivity index (χ0n) is 17.6. The number of aryl methyl sites for hydroxylation is 1. The van der Waals surface area contributed by atoms with Crippen molar-refractivity contribution < 1.29 is 22.7 Å². The number of amides is 1. The highest BCUT2D eigenvalue weighted by Gasteiger charge is 2.31. The Balaban J connectivity index is 1.75. The molecule has 5 nitrogen and oxygen atoms in total. The number of hydrogen-bond donors (Lipinski definition) is 1. The van der Waals surface area contributed by atoms with Crippen LogP contribution in [0.4, 0.5) is 18.9 Å². The Morgan fingerprint density at radius 1 is 1.06 bits per heavy atom. The van der Waals surface area contributed by atoms with Crippen LogP contribution in [0, 0.1) is 0 Å². The Labute approximate surface area is 179 Å². The molecule has 0 aliphatic heterocycles. The lowest BCUT2D eigenvalue weighted by Gasteiger charge is -2.10. The number of nitrogens with one attached hydrogen (secondary N) is 1. The van der Waals surface area contributed by atoms with Gasteiger partial charge in [0.1, 0.15) is 17.1 Å². The van der Waals surface area contributed by atoms with Crippen molar-refractivity contribution in [2.75, 3.05) is 11.9 Å². The molecule has 166 valence electrons. The number of benzene rings is 1. The molecule has 0 aliphatic rings. The fourth-order valence-electron chi connectivity index (χ4n) is 3.29. The van der Waals surface area contributed by atoms with E-state index in [0.29, 0.717) is 35.8 Å². The van der Waals surface area contributed by atoms with Crippen LogP contribution in [0.15, 0.2) is 42.6 Å². The van der Waals surface area contributed by atoms with Gasteiger partial charge in [0.05, 0.1) is 17.9 Å². The van der Waals surface area contributed by atoms with Crippen molar-refractivity contribution in [3.05, 3.63) is 59.5 Å². The van der Waals surface area contributed by atoms with Gasteiger partial charge in [-0.05, 0) is 49.2 Å². The molecule has 0 aliphatic carbocycles. The molecule has 0 saturated heterocycles. The van der Waals surface area contributed by atoms with Gasteiger partial charge in [-0.25, -0.2) is 4.98 Å². The number of aromatic nitrogens is 2. The zero-order valence-corrected chi connectivity index (χ0v) is 17.6. The second-order valence-electron chi connectivity index (χ2n) is 7.29. The standard InChI is InChI=1S/C23H26F3N3O2/c1-3-5-6-7-14-31-18-11-9-17(10-12-18)27-22(30)21-19(4-2)28-20-13-8-16(15-29(20)21)23(24,25)26/h8-13,15H,3-7,14H2,1-2H3,(H,27,30). The predicted molar refractivity (Wildman–Crippen MR) is 114 cm³/mol. The van der Waals surface area contributed by atoms with Crippen LogP contribution in [0.5, 0.6) is 5.75 Å². The summed E-state index contributed by atoms with van der Waals surface area (Å²) >= 11 is 0. The normalized spacial score (nSPS) is 11.6. The van der Waals surface area contributed by atoms with E-state index in [-0.39, 0.29) is 5.69 Å². The zero-order chi connectivity index (χ0) is 22.4. The quantitative estimate of drug-likeness (QED) is 0.413. The summed E-state index contributed by atoms with van der Waals surface area (Å²) in [5.74, 6) is 0.185. The molecule has 0 spiro atoms. The minimum Gasteiger partial charge on any atom is -0.494 e. The molecule has 0 bridgehead atoms. The van der Waals surface area contributed by atoms with Gasteiger partial charge in [0, 0.05) is 11.9 Å². The molecular weight excluding hydrogens is 407 g/mol. The number of nitrogens with zero attached hydrogens (tertiary/aromatic N) is 2. The van der Waals surface area contributed by atoms with Crippen LogP contribution in [-0.2, 0) is 12.6 Å². The number of pyridine rings is 1. The van der Waals surface area contributed by atoms with Gasteiger partial charge in [-0.1, -0.05) is 33.1 Å². The smallest absolute Gasteiger partial charge is 0.417 e. The first-order valence-corrected chi connectivity index (χ1v) is 10.5. The van der Waals surface area contributed by atoms with Gasteiger partial charge < -0.3 is 10.1 Å². The summed E-state index contributed by atoms with van der Waals surface area (Å²) in [4.78, 5) is 17.2. The van der Waals surface area contributed by atoms with Gasteiger partial charge in [0.15, 0.2) is 0 Å². The fourth-order valence-corrected chi connectivity index (χ4v) is 3.29. The van der Waals surface area contributed by atoms with Gasteiger partial charge in [-0.15, -0.1) is 0 Å². The molecule has 0 radical (unpaired) electrons. The fraction of sp³-hybridized carbons (Fsp3) is 0.391. The Kier molecular flexibility index (Phi) is 7.20. The third-order valence-corrected chi connectivity index (χ3v) is 4.95. The van der Waals surface area contributed by atoms with Crippen molar-refractivity contribution in [1.82, 2.24) is 9.38 Å². The number of carbonyl (C=O) groups is 1. The van der Waals surface area contributed by atoms with Gasteiger partial charge >= 0.3 is 6.18 Å².